The molecule has 58 heavy (non-hydrogen) atoms. The molecular formula is C56H39NO. The number of para-hydroxylation sites is 1. The first kappa shape index (κ1) is 33.0. The highest BCUT2D eigenvalue weighted by Crippen LogP contribution is 2.59. The van der Waals surface area contributed by atoms with Crippen molar-refractivity contribution in [2.24, 2.45) is 0 Å². The van der Waals surface area contributed by atoms with Gasteiger partial charge in [-0.3, -0.25) is 0 Å². The Morgan fingerprint density at radius 2 is 1.02 bits per heavy atom. The third-order valence-electron chi connectivity index (χ3n) is 13.1. The van der Waals surface area contributed by atoms with E-state index in [4.69, 9.17) is 4.42 Å². The van der Waals surface area contributed by atoms with Crippen LogP contribution in [-0.2, 0) is 10.8 Å². The second-order valence-electron chi connectivity index (χ2n) is 16.4. The lowest BCUT2D eigenvalue weighted by Gasteiger charge is -2.35. The number of hydrogen-bond donors (Lipinski definition) is 0. The van der Waals surface area contributed by atoms with Gasteiger partial charge in [-0.05, 0) is 97.4 Å². The number of rotatable bonds is 5. The third kappa shape index (κ3) is 4.32. The smallest absolute Gasteiger partial charge is 0.143 e. The Morgan fingerprint density at radius 3 is 1.74 bits per heavy atom. The standard InChI is InChI=1S/C56H39NO/c1-55(2)45-29-16-15-28-44(45)50-42-26-12-13-27-43(42)54-52(53(50)55)51-48(31-18-32-49(51)58-54)57(38-23-10-5-11-24-38)39-33-34-41-40-25-14-17-30-46(40)56(47(41)35-39,36-19-6-3-7-20-36)37-21-8-4-9-22-37/h3-35H,1-2H3. The van der Waals surface area contributed by atoms with Crippen molar-refractivity contribution in [3.8, 4) is 22.3 Å². The molecule has 0 radical (unpaired) electrons. The highest BCUT2D eigenvalue weighted by molar-refractivity contribution is 6.26. The molecule has 2 aliphatic carbocycles. The number of benzene rings is 9. The van der Waals surface area contributed by atoms with E-state index in [-0.39, 0.29) is 5.41 Å². The fraction of sp³-hybridized carbons (Fsp3) is 0.0714. The first-order valence-corrected chi connectivity index (χ1v) is 20.3. The summed E-state index contributed by atoms with van der Waals surface area (Å²) in [5.74, 6) is 0. The van der Waals surface area contributed by atoms with Gasteiger partial charge in [-0.2, -0.15) is 0 Å². The number of furan rings is 1. The molecule has 1 heterocycles. The number of hydrogen-bond acceptors (Lipinski definition) is 2. The van der Waals surface area contributed by atoms with Gasteiger partial charge >= 0.3 is 0 Å². The summed E-state index contributed by atoms with van der Waals surface area (Å²) in [6, 6.07) is 73.4. The zero-order chi connectivity index (χ0) is 38.6. The van der Waals surface area contributed by atoms with E-state index in [0.717, 1.165) is 39.0 Å². The molecule has 2 aliphatic rings. The minimum Gasteiger partial charge on any atom is -0.455 e. The first-order valence-electron chi connectivity index (χ1n) is 20.3. The lowest BCUT2D eigenvalue weighted by atomic mass is 9.67. The van der Waals surface area contributed by atoms with Crippen LogP contribution in [0.1, 0.15) is 47.2 Å². The van der Waals surface area contributed by atoms with Crippen LogP contribution < -0.4 is 4.90 Å². The molecule has 0 amide bonds. The van der Waals surface area contributed by atoms with Crippen LogP contribution in [0.15, 0.2) is 205 Å². The highest BCUT2D eigenvalue weighted by Gasteiger charge is 2.46. The largest absolute Gasteiger partial charge is 0.455 e. The minimum atomic E-state index is -0.517. The van der Waals surface area contributed by atoms with E-state index in [1.165, 1.54) is 66.4 Å². The topological polar surface area (TPSA) is 16.4 Å². The molecule has 0 unspecified atom stereocenters. The summed E-state index contributed by atoms with van der Waals surface area (Å²) < 4.78 is 7.08. The molecule has 0 saturated carbocycles. The molecule has 274 valence electrons. The average Bonchev–Trinajstić information content (AvgIpc) is 3.89. The summed E-state index contributed by atoms with van der Waals surface area (Å²) in [5, 5.41) is 4.70. The van der Waals surface area contributed by atoms with Crippen LogP contribution in [0, 0.1) is 0 Å². The molecule has 0 fully saturated rings. The summed E-state index contributed by atoms with van der Waals surface area (Å²) in [6.07, 6.45) is 0. The van der Waals surface area contributed by atoms with Gasteiger partial charge in [0.2, 0.25) is 0 Å². The maximum Gasteiger partial charge on any atom is 0.143 e. The van der Waals surface area contributed by atoms with Gasteiger partial charge < -0.3 is 9.32 Å². The normalized spacial score (nSPS) is 14.3. The van der Waals surface area contributed by atoms with Crippen LogP contribution in [0.3, 0.4) is 0 Å². The summed E-state index contributed by atoms with van der Waals surface area (Å²) in [6.45, 7) is 4.76. The lowest BCUT2D eigenvalue weighted by molar-refractivity contribution is 0.659. The second-order valence-corrected chi connectivity index (χ2v) is 16.4. The Labute approximate surface area is 338 Å². The predicted molar refractivity (Wildman–Crippen MR) is 241 cm³/mol. The van der Waals surface area contributed by atoms with Gasteiger partial charge in [0.1, 0.15) is 11.2 Å². The molecule has 0 saturated heterocycles. The number of nitrogens with zero attached hydrogens (tertiary/aromatic N) is 1. The molecule has 1 aromatic heterocycles. The fourth-order valence-corrected chi connectivity index (χ4v) is 10.8. The molecule has 0 aliphatic heterocycles. The SMILES string of the molecule is CC1(C)c2ccccc2-c2c1c1c(oc3cccc(N(c4ccccc4)c4ccc5c(c4)C(c4ccccc4)(c4ccccc4)c4ccccc4-5)c31)c1ccccc21. The molecule has 2 nitrogen and oxygen atoms in total. The van der Waals surface area contributed by atoms with E-state index in [1.807, 2.05) is 0 Å². The maximum absolute atomic E-state index is 7.08. The summed E-state index contributed by atoms with van der Waals surface area (Å²) >= 11 is 0. The predicted octanol–water partition coefficient (Wildman–Crippen LogP) is 14.9. The molecule has 9 aromatic carbocycles. The van der Waals surface area contributed by atoms with Crippen molar-refractivity contribution >= 4 is 49.8 Å². The van der Waals surface area contributed by atoms with Gasteiger partial charge in [-0.1, -0.05) is 178 Å². The Morgan fingerprint density at radius 1 is 0.431 bits per heavy atom. The van der Waals surface area contributed by atoms with Gasteiger partial charge in [0, 0.05) is 27.6 Å². The van der Waals surface area contributed by atoms with E-state index in [1.54, 1.807) is 0 Å². The summed E-state index contributed by atoms with van der Waals surface area (Å²) in [4.78, 5) is 2.46. The summed E-state index contributed by atoms with van der Waals surface area (Å²) in [5.41, 5.74) is 17.3. The highest BCUT2D eigenvalue weighted by atomic mass is 16.3. The van der Waals surface area contributed by atoms with Gasteiger partial charge in [0.05, 0.1) is 16.5 Å². The van der Waals surface area contributed by atoms with Gasteiger partial charge in [0.25, 0.3) is 0 Å². The van der Waals surface area contributed by atoms with E-state index < -0.39 is 5.41 Å². The maximum atomic E-state index is 7.08. The van der Waals surface area contributed by atoms with Crippen molar-refractivity contribution in [3.05, 3.63) is 234 Å². The Kier molecular flexibility index (Phi) is 6.93. The molecule has 0 atom stereocenters. The molecular weight excluding hydrogens is 703 g/mol. The van der Waals surface area contributed by atoms with Gasteiger partial charge in [-0.15, -0.1) is 0 Å². The Balaban J connectivity index is 1.19. The monoisotopic (exact) mass is 741 g/mol. The molecule has 0 bridgehead atoms. The first-order chi connectivity index (χ1) is 28.6. The zero-order valence-electron chi connectivity index (χ0n) is 32.4. The third-order valence-corrected chi connectivity index (χ3v) is 13.1. The van der Waals surface area contributed by atoms with Gasteiger partial charge in [-0.25, -0.2) is 0 Å². The lowest BCUT2D eigenvalue weighted by Crippen LogP contribution is -2.28. The zero-order valence-corrected chi connectivity index (χ0v) is 32.4. The molecule has 2 heteroatoms. The molecule has 12 rings (SSSR count). The van der Waals surface area contributed by atoms with Crippen LogP contribution >= 0.6 is 0 Å². The van der Waals surface area contributed by atoms with E-state index in [2.05, 4.69) is 219 Å². The van der Waals surface area contributed by atoms with Crippen molar-refractivity contribution in [1.82, 2.24) is 0 Å². The van der Waals surface area contributed by atoms with Crippen molar-refractivity contribution in [2.75, 3.05) is 4.90 Å². The van der Waals surface area contributed by atoms with Crippen LogP contribution in [0.2, 0.25) is 0 Å². The van der Waals surface area contributed by atoms with E-state index >= 15 is 0 Å². The van der Waals surface area contributed by atoms with Crippen LogP contribution in [0.5, 0.6) is 0 Å². The van der Waals surface area contributed by atoms with Crippen LogP contribution in [-0.4, -0.2) is 0 Å². The number of fused-ring (bicyclic) bond motifs is 13. The van der Waals surface area contributed by atoms with Gasteiger partial charge in [0.15, 0.2) is 0 Å². The quantitative estimate of drug-likeness (QED) is 0.175. The van der Waals surface area contributed by atoms with E-state index in [0.29, 0.717) is 0 Å². The Bertz CT molecular complexity index is 3210. The second kappa shape index (κ2) is 12.2. The average molecular weight is 742 g/mol. The van der Waals surface area contributed by atoms with Crippen molar-refractivity contribution < 1.29 is 4.42 Å². The fourth-order valence-electron chi connectivity index (χ4n) is 10.8. The van der Waals surface area contributed by atoms with Crippen LogP contribution in [0.25, 0.3) is 55.0 Å². The minimum absolute atomic E-state index is 0.250. The van der Waals surface area contributed by atoms with Crippen molar-refractivity contribution in [3.63, 3.8) is 0 Å². The molecule has 0 N–H and O–H groups in total. The Hall–Kier alpha value is -7.16. The van der Waals surface area contributed by atoms with Crippen molar-refractivity contribution in [2.45, 2.75) is 24.7 Å². The van der Waals surface area contributed by atoms with Crippen LogP contribution in [0.4, 0.5) is 17.1 Å². The van der Waals surface area contributed by atoms with E-state index in [9.17, 15) is 0 Å². The van der Waals surface area contributed by atoms with Crippen molar-refractivity contribution in [1.29, 1.82) is 0 Å². The molecule has 10 aromatic rings. The summed E-state index contributed by atoms with van der Waals surface area (Å²) in [7, 11) is 0. The molecule has 0 spiro atoms. The number of anilines is 3.